The molecular formula is C14H26O2Si. The lowest BCUT2D eigenvalue weighted by molar-refractivity contribution is -0.131. The van der Waals surface area contributed by atoms with E-state index in [-0.39, 0.29) is 5.97 Å². The molecule has 3 heteroatoms. The Morgan fingerprint density at radius 3 is 1.82 bits per heavy atom. The summed E-state index contributed by atoms with van der Waals surface area (Å²) in [6, 6.07) is 0. The lowest BCUT2D eigenvalue weighted by Gasteiger charge is -2.38. The van der Waals surface area contributed by atoms with E-state index < -0.39 is 8.32 Å². The van der Waals surface area contributed by atoms with Crippen molar-refractivity contribution in [1.82, 2.24) is 0 Å². The Kier molecular flexibility index (Phi) is 5.89. The highest BCUT2D eigenvalue weighted by atomic mass is 28.4. The van der Waals surface area contributed by atoms with Gasteiger partial charge in [-0.3, -0.25) is 0 Å². The summed E-state index contributed by atoms with van der Waals surface area (Å²) in [5, 5.41) is 1.23. The normalized spacial score (nSPS) is 13.1. The quantitative estimate of drug-likeness (QED) is 0.537. The number of rotatable bonds is 5. The monoisotopic (exact) mass is 254 g/mol. The van der Waals surface area contributed by atoms with E-state index in [0.717, 1.165) is 0 Å². The van der Waals surface area contributed by atoms with Crippen molar-refractivity contribution in [1.29, 1.82) is 0 Å². The van der Waals surface area contributed by atoms with E-state index in [2.05, 4.69) is 47.3 Å². The molecule has 0 bridgehead atoms. The molecule has 0 N–H and O–H groups in total. The Labute approximate surface area is 107 Å². The van der Waals surface area contributed by atoms with Gasteiger partial charge in [0.15, 0.2) is 0 Å². The van der Waals surface area contributed by atoms with Gasteiger partial charge in [0.1, 0.15) is 0 Å². The van der Waals surface area contributed by atoms with E-state index in [1.54, 1.807) is 6.92 Å². The summed E-state index contributed by atoms with van der Waals surface area (Å²) in [5.41, 5.74) is 1.20. The summed E-state index contributed by atoms with van der Waals surface area (Å²) in [5.74, 6) is -0.250. The van der Waals surface area contributed by atoms with Crippen molar-refractivity contribution in [2.45, 2.75) is 59.5 Å². The van der Waals surface area contributed by atoms with Gasteiger partial charge in [-0.05, 0) is 31.9 Å². The van der Waals surface area contributed by atoms with E-state index in [9.17, 15) is 4.79 Å². The van der Waals surface area contributed by atoms with Crippen LogP contribution in [0.25, 0.3) is 0 Å². The first-order chi connectivity index (χ1) is 7.70. The average Bonchev–Trinajstić information content (AvgIpc) is 2.23. The zero-order valence-electron chi connectivity index (χ0n) is 12.3. The van der Waals surface area contributed by atoms with Crippen LogP contribution in [0.15, 0.2) is 23.4 Å². The van der Waals surface area contributed by atoms with Gasteiger partial charge in [0, 0.05) is 5.57 Å². The Balaban J connectivity index is 5.50. The lowest BCUT2D eigenvalue weighted by atomic mass is 10.4. The summed E-state index contributed by atoms with van der Waals surface area (Å²) < 4.78 is 5.91. The molecule has 0 fully saturated rings. The smallest absolute Gasteiger partial charge is 0.320 e. The summed E-state index contributed by atoms with van der Waals surface area (Å²) >= 11 is 0. The third-order valence-corrected chi connectivity index (χ3v) is 8.85. The third-order valence-electron chi connectivity index (χ3n) is 3.37. The summed E-state index contributed by atoms with van der Waals surface area (Å²) in [6.45, 7) is 18.0. The van der Waals surface area contributed by atoms with Crippen molar-refractivity contribution in [2.24, 2.45) is 0 Å². The topological polar surface area (TPSA) is 26.3 Å². The van der Waals surface area contributed by atoms with Gasteiger partial charge in [-0.2, -0.15) is 0 Å². The predicted octanol–water partition coefficient (Wildman–Crippen LogP) is 4.38. The van der Waals surface area contributed by atoms with Crippen molar-refractivity contribution in [2.75, 3.05) is 0 Å². The van der Waals surface area contributed by atoms with E-state index in [4.69, 9.17) is 4.43 Å². The highest BCUT2D eigenvalue weighted by Gasteiger charge is 2.46. The Bertz CT molecular complexity index is 319. The molecule has 0 aromatic rings. The van der Waals surface area contributed by atoms with Gasteiger partial charge in [0.2, 0.25) is 0 Å². The first-order valence-electron chi connectivity index (χ1n) is 6.22. The van der Waals surface area contributed by atoms with Gasteiger partial charge in [-0.1, -0.05) is 45.5 Å². The SMILES string of the molecule is C=C(C)C(=O)O[Si](C(C)=CC)(C(C)C)C(C)C. The highest BCUT2D eigenvalue weighted by molar-refractivity contribution is 6.84. The molecule has 0 aliphatic carbocycles. The van der Waals surface area contributed by atoms with Crippen LogP contribution < -0.4 is 0 Å². The highest BCUT2D eigenvalue weighted by Crippen LogP contribution is 2.39. The maximum atomic E-state index is 11.9. The second kappa shape index (κ2) is 6.19. The first kappa shape index (κ1) is 16.2. The molecule has 0 aliphatic rings. The standard InChI is InChI=1S/C14H26O2Si/c1-9-13(8)17(11(4)5,12(6)7)16-14(15)10(2)3/h9,11-12H,2H2,1,3-8H3. The molecule has 0 amide bonds. The average molecular weight is 254 g/mol. The van der Waals surface area contributed by atoms with E-state index in [0.29, 0.717) is 16.7 Å². The fraction of sp³-hybridized carbons (Fsp3) is 0.643. The van der Waals surface area contributed by atoms with Crippen molar-refractivity contribution in [3.8, 4) is 0 Å². The molecule has 0 atom stereocenters. The first-order valence-corrected chi connectivity index (χ1v) is 8.28. The van der Waals surface area contributed by atoms with Crippen LogP contribution in [0, 0.1) is 0 Å². The molecule has 98 valence electrons. The molecular weight excluding hydrogens is 228 g/mol. The van der Waals surface area contributed by atoms with Crippen molar-refractivity contribution < 1.29 is 9.22 Å². The Morgan fingerprint density at radius 1 is 1.18 bits per heavy atom. The fourth-order valence-electron chi connectivity index (χ4n) is 2.36. The van der Waals surface area contributed by atoms with Crippen LogP contribution in [0.4, 0.5) is 0 Å². The van der Waals surface area contributed by atoms with Crippen molar-refractivity contribution in [3.05, 3.63) is 23.4 Å². The van der Waals surface area contributed by atoms with Gasteiger partial charge in [-0.15, -0.1) is 0 Å². The molecule has 0 rings (SSSR count). The minimum absolute atomic E-state index is 0.250. The van der Waals surface area contributed by atoms with Crippen molar-refractivity contribution in [3.63, 3.8) is 0 Å². The number of carbonyl (C=O) groups excluding carboxylic acids is 1. The largest absolute Gasteiger partial charge is 0.511 e. The van der Waals surface area contributed by atoms with Crippen LogP contribution >= 0.6 is 0 Å². The van der Waals surface area contributed by atoms with Crippen LogP contribution in [0.3, 0.4) is 0 Å². The van der Waals surface area contributed by atoms with Crippen molar-refractivity contribution >= 4 is 14.3 Å². The lowest BCUT2D eigenvalue weighted by Crippen LogP contribution is -2.48. The predicted molar refractivity (Wildman–Crippen MR) is 76.3 cm³/mol. The Hall–Kier alpha value is -0.833. The minimum Gasteiger partial charge on any atom is -0.511 e. The summed E-state index contributed by atoms with van der Waals surface area (Å²) in [4.78, 5) is 11.9. The number of hydrogen-bond acceptors (Lipinski definition) is 2. The van der Waals surface area contributed by atoms with E-state index >= 15 is 0 Å². The van der Waals surface area contributed by atoms with Gasteiger partial charge >= 0.3 is 5.97 Å². The van der Waals surface area contributed by atoms with Crippen LogP contribution in [0.1, 0.15) is 48.5 Å². The van der Waals surface area contributed by atoms with Gasteiger partial charge in [0.25, 0.3) is 8.32 Å². The molecule has 0 saturated carbocycles. The molecule has 17 heavy (non-hydrogen) atoms. The van der Waals surface area contributed by atoms with Gasteiger partial charge in [0.05, 0.1) is 0 Å². The molecule has 0 radical (unpaired) electrons. The van der Waals surface area contributed by atoms with Crippen LogP contribution in [-0.2, 0) is 9.22 Å². The van der Waals surface area contributed by atoms with Gasteiger partial charge < -0.3 is 4.43 Å². The maximum Gasteiger partial charge on any atom is 0.320 e. The molecule has 0 heterocycles. The molecule has 2 nitrogen and oxygen atoms in total. The summed E-state index contributed by atoms with van der Waals surface area (Å²) in [7, 11) is -2.23. The summed E-state index contributed by atoms with van der Waals surface area (Å²) in [6.07, 6.45) is 2.08. The molecule has 0 aromatic heterocycles. The van der Waals surface area contributed by atoms with E-state index in [1.165, 1.54) is 5.20 Å². The zero-order chi connectivity index (χ0) is 13.8. The van der Waals surface area contributed by atoms with E-state index in [1.807, 2.05) is 6.92 Å². The second-order valence-corrected chi connectivity index (χ2v) is 10.1. The molecule has 0 spiro atoms. The Morgan fingerprint density at radius 2 is 1.59 bits per heavy atom. The van der Waals surface area contributed by atoms with Crippen LogP contribution in [-0.4, -0.2) is 14.3 Å². The van der Waals surface area contributed by atoms with Crippen LogP contribution in [0.2, 0.25) is 11.1 Å². The molecule has 0 aromatic carbocycles. The van der Waals surface area contributed by atoms with Gasteiger partial charge in [-0.25, -0.2) is 4.79 Å². The number of allylic oxidation sites excluding steroid dienone is 2. The minimum atomic E-state index is -2.23. The fourth-order valence-corrected chi connectivity index (χ4v) is 7.08. The second-order valence-electron chi connectivity index (χ2n) is 5.24. The molecule has 0 saturated heterocycles. The molecule has 0 unspecified atom stereocenters. The zero-order valence-corrected chi connectivity index (χ0v) is 13.3. The number of carbonyl (C=O) groups is 1. The molecule has 0 aliphatic heterocycles. The maximum absolute atomic E-state index is 11.9. The van der Waals surface area contributed by atoms with Crippen LogP contribution in [0.5, 0.6) is 0 Å². The number of hydrogen-bond donors (Lipinski definition) is 0. The third kappa shape index (κ3) is 3.31.